The zero-order chi connectivity index (χ0) is 22.3. The minimum Gasteiger partial charge on any atom is -0.468 e. The number of hydrogen-bond donors (Lipinski definition) is 1. The molecule has 31 heavy (non-hydrogen) atoms. The number of rotatable bonds is 5. The maximum absolute atomic E-state index is 13.7. The number of ether oxygens (including phenoxy) is 1. The maximum atomic E-state index is 13.7. The Morgan fingerprint density at radius 3 is 2.13 bits per heavy atom. The second kappa shape index (κ2) is 7.93. The first-order valence-corrected chi connectivity index (χ1v) is 10.7. The van der Waals surface area contributed by atoms with Crippen LogP contribution in [0.15, 0.2) is 48.5 Å². The Labute approximate surface area is 182 Å². The molecule has 2 aliphatic heterocycles. The van der Waals surface area contributed by atoms with E-state index in [0.29, 0.717) is 18.5 Å². The molecular weight excluding hydrogens is 392 g/mol. The first-order chi connectivity index (χ1) is 14.8. The number of nitrogens with one attached hydrogen (secondary N) is 1. The van der Waals surface area contributed by atoms with Gasteiger partial charge in [0.2, 0.25) is 11.8 Å². The third-order valence-electron chi connectivity index (χ3n) is 6.58. The molecule has 2 amide bonds. The van der Waals surface area contributed by atoms with Gasteiger partial charge in [-0.15, -0.1) is 0 Å². The Morgan fingerprint density at radius 2 is 1.58 bits per heavy atom. The van der Waals surface area contributed by atoms with E-state index in [1.54, 1.807) is 12.1 Å². The number of fused-ring (bicyclic) bond motifs is 1. The van der Waals surface area contributed by atoms with Gasteiger partial charge in [-0.25, -0.2) is 4.90 Å². The molecule has 2 aromatic rings. The minimum absolute atomic E-state index is 0.279. The number of hydrogen-bond acceptors (Lipinski definition) is 5. The fraction of sp³-hybridized carbons (Fsp3) is 0.400. The number of amides is 2. The molecular formula is C25H28N2O4. The molecule has 2 saturated heterocycles. The van der Waals surface area contributed by atoms with Gasteiger partial charge in [-0.05, 0) is 38.0 Å². The lowest BCUT2D eigenvalue weighted by Gasteiger charge is -2.32. The Bertz CT molecular complexity index is 1010. The van der Waals surface area contributed by atoms with Crippen molar-refractivity contribution in [2.45, 2.75) is 45.2 Å². The van der Waals surface area contributed by atoms with E-state index < -0.39 is 29.4 Å². The molecule has 1 N–H and O–H groups in total. The summed E-state index contributed by atoms with van der Waals surface area (Å²) < 4.78 is 5.16. The molecule has 0 bridgehead atoms. The van der Waals surface area contributed by atoms with Crippen LogP contribution in [0, 0.1) is 25.7 Å². The van der Waals surface area contributed by atoms with Gasteiger partial charge in [0, 0.05) is 6.04 Å². The van der Waals surface area contributed by atoms with E-state index >= 15 is 0 Å². The van der Waals surface area contributed by atoms with Gasteiger partial charge in [0.1, 0.15) is 5.54 Å². The monoisotopic (exact) mass is 420 g/mol. The number of methoxy groups -OCH3 is 1. The van der Waals surface area contributed by atoms with Crippen LogP contribution in [0.3, 0.4) is 0 Å². The van der Waals surface area contributed by atoms with Gasteiger partial charge in [-0.1, -0.05) is 60.9 Å². The van der Waals surface area contributed by atoms with Crippen LogP contribution in [-0.4, -0.2) is 30.4 Å². The van der Waals surface area contributed by atoms with Crippen molar-refractivity contribution in [1.29, 1.82) is 0 Å². The molecule has 2 aliphatic rings. The Morgan fingerprint density at radius 1 is 1.00 bits per heavy atom. The first kappa shape index (κ1) is 21.2. The van der Waals surface area contributed by atoms with E-state index in [-0.39, 0.29) is 11.8 Å². The molecule has 0 aromatic heterocycles. The summed E-state index contributed by atoms with van der Waals surface area (Å²) in [5, 5.41) is 3.39. The highest BCUT2D eigenvalue weighted by Gasteiger charge is 2.68. The molecule has 0 spiro atoms. The van der Waals surface area contributed by atoms with Crippen molar-refractivity contribution in [2.75, 3.05) is 12.0 Å². The summed E-state index contributed by atoms with van der Waals surface area (Å²) in [5.74, 6) is -2.62. The molecule has 2 fully saturated rings. The third kappa shape index (κ3) is 3.26. The summed E-state index contributed by atoms with van der Waals surface area (Å²) in [4.78, 5) is 41.7. The topological polar surface area (TPSA) is 75.7 Å². The van der Waals surface area contributed by atoms with Crippen molar-refractivity contribution in [3.05, 3.63) is 65.2 Å². The van der Waals surface area contributed by atoms with E-state index in [2.05, 4.69) is 5.32 Å². The first-order valence-electron chi connectivity index (χ1n) is 10.7. The molecule has 4 atom stereocenters. The predicted octanol–water partition coefficient (Wildman–Crippen LogP) is 3.47. The van der Waals surface area contributed by atoms with Crippen molar-refractivity contribution >= 4 is 23.5 Å². The zero-order valence-corrected chi connectivity index (χ0v) is 18.3. The van der Waals surface area contributed by atoms with Gasteiger partial charge >= 0.3 is 5.97 Å². The van der Waals surface area contributed by atoms with Crippen molar-refractivity contribution in [2.24, 2.45) is 11.8 Å². The van der Waals surface area contributed by atoms with Crippen LogP contribution >= 0.6 is 0 Å². The van der Waals surface area contributed by atoms with E-state index in [0.717, 1.165) is 16.7 Å². The van der Waals surface area contributed by atoms with Crippen LogP contribution in [0.25, 0.3) is 0 Å². The largest absolute Gasteiger partial charge is 0.468 e. The molecule has 0 aliphatic carbocycles. The number of nitrogens with zero attached hydrogens (tertiary/aromatic N) is 1. The SMILES string of the molecule is CCC[C@]1(C(=O)OC)N[C@H](c2ccc(C)cc2)[C@@H]2C(=O)N(c3ccc(C)cc3)C(=O)[C@@H]21. The van der Waals surface area contributed by atoms with Crippen LogP contribution in [0.1, 0.15) is 42.5 Å². The summed E-state index contributed by atoms with van der Waals surface area (Å²) in [6.07, 6.45) is 1.07. The van der Waals surface area contributed by atoms with Crippen molar-refractivity contribution in [3.63, 3.8) is 0 Å². The van der Waals surface area contributed by atoms with E-state index in [1.807, 2.05) is 57.2 Å². The molecule has 2 aromatic carbocycles. The molecule has 0 radical (unpaired) electrons. The van der Waals surface area contributed by atoms with Crippen molar-refractivity contribution < 1.29 is 19.1 Å². The van der Waals surface area contributed by atoms with E-state index in [1.165, 1.54) is 12.0 Å². The van der Waals surface area contributed by atoms with Gasteiger partial charge in [-0.2, -0.15) is 0 Å². The lowest BCUT2D eigenvalue weighted by molar-refractivity contribution is -0.152. The second-order valence-electron chi connectivity index (χ2n) is 8.60. The Hall–Kier alpha value is -2.99. The fourth-order valence-corrected chi connectivity index (χ4v) is 5.11. The highest BCUT2D eigenvalue weighted by Crippen LogP contribution is 2.51. The summed E-state index contributed by atoms with van der Waals surface area (Å²) in [5.41, 5.74) is 2.32. The number of carbonyl (C=O) groups excluding carboxylic acids is 3. The highest BCUT2D eigenvalue weighted by atomic mass is 16.5. The van der Waals surface area contributed by atoms with Crippen LogP contribution in [0.2, 0.25) is 0 Å². The number of benzene rings is 2. The molecule has 0 saturated carbocycles. The standard InChI is InChI=1S/C25H28N2O4/c1-5-14-25(24(30)31-4)20-19(21(26-25)17-10-6-15(2)7-11-17)22(28)27(23(20)29)18-12-8-16(3)9-13-18/h6-13,19-21,26H,5,14H2,1-4H3/t19-,20-,21-,25+/m1/s1. The molecule has 0 unspecified atom stereocenters. The average Bonchev–Trinajstić information content (AvgIpc) is 3.24. The average molecular weight is 421 g/mol. The lowest BCUT2D eigenvalue weighted by Crippen LogP contribution is -2.56. The van der Waals surface area contributed by atoms with Gasteiger partial charge in [0.25, 0.3) is 0 Å². The highest BCUT2D eigenvalue weighted by molar-refractivity contribution is 6.24. The minimum atomic E-state index is -1.24. The quantitative estimate of drug-likeness (QED) is 0.592. The number of imide groups is 1. The summed E-state index contributed by atoms with van der Waals surface area (Å²) in [7, 11) is 1.33. The number of esters is 1. The molecule has 4 rings (SSSR count). The van der Waals surface area contributed by atoms with Crippen LogP contribution in [0.4, 0.5) is 5.69 Å². The number of carbonyl (C=O) groups is 3. The van der Waals surface area contributed by atoms with Crippen LogP contribution in [0.5, 0.6) is 0 Å². The smallest absolute Gasteiger partial charge is 0.326 e. The van der Waals surface area contributed by atoms with E-state index in [4.69, 9.17) is 4.74 Å². The molecule has 2 heterocycles. The number of anilines is 1. The summed E-state index contributed by atoms with van der Waals surface area (Å²) in [6, 6.07) is 14.7. The van der Waals surface area contributed by atoms with Gasteiger partial charge in [0.15, 0.2) is 0 Å². The predicted molar refractivity (Wildman–Crippen MR) is 117 cm³/mol. The Kier molecular flexibility index (Phi) is 5.43. The maximum Gasteiger partial charge on any atom is 0.326 e. The van der Waals surface area contributed by atoms with Crippen LogP contribution in [-0.2, 0) is 19.1 Å². The normalized spacial score (nSPS) is 27.5. The van der Waals surface area contributed by atoms with Crippen molar-refractivity contribution in [3.8, 4) is 0 Å². The molecule has 6 nitrogen and oxygen atoms in total. The second-order valence-corrected chi connectivity index (χ2v) is 8.60. The third-order valence-corrected chi connectivity index (χ3v) is 6.58. The van der Waals surface area contributed by atoms with Gasteiger partial charge < -0.3 is 4.74 Å². The fourth-order valence-electron chi connectivity index (χ4n) is 5.11. The van der Waals surface area contributed by atoms with Crippen LogP contribution < -0.4 is 10.2 Å². The Balaban J connectivity index is 1.85. The van der Waals surface area contributed by atoms with Crippen molar-refractivity contribution in [1.82, 2.24) is 5.32 Å². The number of aryl methyl sites for hydroxylation is 2. The van der Waals surface area contributed by atoms with Gasteiger partial charge in [-0.3, -0.25) is 19.7 Å². The summed E-state index contributed by atoms with van der Waals surface area (Å²) in [6.45, 7) is 5.90. The van der Waals surface area contributed by atoms with Gasteiger partial charge in [0.05, 0.1) is 24.6 Å². The molecule has 162 valence electrons. The lowest BCUT2D eigenvalue weighted by atomic mass is 9.77. The summed E-state index contributed by atoms with van der Waals surface area (Å²) >= 11 is 0. The molecule has 6 heteroatoms. The van der Waals surface area contributed by atoms with E-state index in [9.17, 15) is 14.4 Å². The zero-order valence-electron chi connectivity index (χ0n) is 18.3.